The van der Waals surface area contributed by atoms with Gasteiger partial charge in [0, 0.05) is 39.3 Å². The second-order valence-corrected chi connectivity index (χ2v) is 9.61. The van der Waals surface area contributed by atoms with Gasteiger partial charge in [-0.15, -0.1) is 0 Å². The summed E-state index contributed by atoms with van der Waals surface area (Å²) in [6.45, 7) is 3.95. The SMILES string of the molecule is CC(C(=O)N(C)C1CCCCC1)N1CCN(S(=O)(=O)c2ccccc2)CC1. The molecule has 1 aromatic carbocycles. The minimum absolute atomic E-state index is 0.154. The molecule has 1 heterocycles. The highest BCUT2D eigenvalue weighted by molar-refractivity contribution is 7.89. The highest BCUT2D eigenvalue weighted by Crippen LogP contribution is 2.23. The van der Waals surface area contributed by atoms with Crippen LogP contribution in [0.2, 0.25) is 0 Å². The summed E-state index contributed by atoms with van der Waals surface area (Å²) in [5.74, 6) is 0.154. The van der Waals surface area contributed by atoms with Gasteiger partial charge in [-0.1, -0.05) is 37.5 Å². The summed E-state index contributed by atoms with van der Waals surface area (Å²) in [6, 6.07) is 8.70. The maximum Gasteiger partial charge on any atom is 0.243 e. The normalized spacial score (nSPS) is 21.7. The Labute approximate surface area is 163 Å². The predicted molar refractivity (Wildman–Crippen MR) is 106 cm³/mol. The molecule has 1 unspecified atom stereocenters. The Morgan fingerprint density at radius 3 is 2.22 bits per heavy atom. The monoisotopic (exact) mass is 393 g/mol. The van der Waals surface area contributed by atoms with Crippen molar-refractivity contribution in [3.63, 3.8) is 0 Å². The summed E-state index contributed by atoms with van der Waals surface area (Å²) in [5.41, 5.74) is 0. The van der Waals surface area contributed by atoms with Crippen molar-refractivity contribution in [1.29, 1.82) is 0 Å². The number of hydrogen-bond acceptors (Lipinski definition) is 4. The minimum atomic E-state index is -3.45. The number of sulfonamides is 1. The number of benzene rings is 1. The number of rotatable bonds is 5. The maximum atomic E-state index is 12.9. The largest absolute Gasteiger partial charge is 0.341 e. The third kappa shape index (κ3) is 4.52. The summed E-state index contributed by atoms with van der Waals surface area (Å²) >= 11 is 0. The molecule has 0 N–H and O–H groups in total. The fourth-order valence-electron chi connectivity index (χ4n) is 4.17. The average Bonchev–Trinajstić information content (AvgIpc) is 2.73. The molecule has 7 heteroatoms. The van der Waals surface area contributed by atoms with E-state index in [0.29, 0.717) is 37.1 Å². The van der Waals surface area contributed by atoms with E-state index < -0.39 is 10.0 Å². The lowest BCUT2D eigenvalue weighted by molar-refractivity contribution is -0.138. The summed E-state index contributed by atoms with van der Waals surface area (Å²) in [7, 11) is -1.53. The first-order valence-corrected chi connectivity index (χ1v) is 11.4. The van der Waals surface area contributed by atoms with E-state index in [2.05, 4.69) is 4.90 Å². The molecule has 1 aromatic rings. The molecule has 0 radical (unpaired) electrons. The van der Waals surface area contributed by atoms with Gasteiger partial charge in [0.05, 0.1) is 10.9 Å². The lowest BCUT2D eigenvalue weighted by Gasteiger charge is -2.39. The van der Waals surface area contributed by atoms with Gasteiger partial charge in [0.25, 0.3) is 0 Å². The van der Waals surface area contributed by atoms with Gasteiger partial charge in [0.1, 0.15) is 0 Å². The molecule has 27 heavy (non-hydrogen) atoms. The Hall–Kier alpha value is -1.44. The quantitative estimate of drug-likeness (QED) is 0.769. The average molecular weight is 394 g/mol. The van der Waals surface area contributed by atoms with E-state index in [0.717, 1.165) is 12.8 Å². The third-order valence-electron chi connectivity index (χ3n) is 6.03. The van der Waals surface area contributed by atoms with Crippen LogP contribution < -0.4 is 0 Å². The van der Waals surface area contributed by atoms with E-state index in [1.54, 1.807) is 24.3 Å². The fraction of sp³-hybridized carbons (Fsp3) is 0.650. The molecular formula is C20H31N3O3S. The smallest absolute Gasteiger partial charge is 0.243 e. The Bertz CT molecular complexity index is 724. The zero-order valence-electron chi connectivity index (χ0n) is 16.4. The highest BCUT2D eigenvalue weighted by Gasteiger charge is 2.34. The van der Waals surface area contributed by atoms with Crippen molar-refractivity contribution in [3.8, 4) is 0 Å². The van der Waals surface area contributed by atoms with Crippen molar-refractivity contribution in [3.05, 3.63) is 30.3 Å². The van der Waals surface area contributed by atoms with Gasteiger partial charge in [0.15, 0.2) is 0 Å². The van der Waals surface area contributed by atoms with Gasteiger partial charge in [-0.3, -0.25) is 9.69 Å². The summed E-state index contributed by atoms with van der Waals surface area (Å²) in [4.78, 5) is 17.3. The van der Waals surface area contributed by atoms with Gasteiger partial charge in [-0.05, 0) is 31.9 Å². The Kier molecular flexibility index (Phi) is 6.55. The van der Waals surface area contributed by atoms with Crippen LogP contribution >= 0.6 is 0 Å². The Morgan fingerprint density at radius 1 is 1.04 bits per heavy atom. The van der Waals surface area contributed by atoms with Crippen molar-refractivity contribution in [2.75, 3.05) is 33.2 Å². The molecule has 3 rings (SSSR count). The predicted octanol–water partition coefficient (Wildman–Crippen LogP) is 2.17. The second-order valence-electron chi connectivity index (χ2n) is 7.67. The number of likely N-dealkylation sites (N-methyl/N-ethyl adjacent to an activating group) is 1. The van der Waals surface area contributed by atoms with Gasteiger partial charge < -0.3 is 4.90 Å². The summed E-state index contributed by atoms with van der Waals surface area (Å²) < 4.78 is 27.0. The first-order chi connectivity index (χ1) is 12.9. The Morgan fingerprint density at radius 2 is 1.63 bits per heavy atom. The standard InChI is InChI=1S/C20H31N3O3S/c1-17(20(24)21(2)18-9-5-3-6-10-18)22-13-15-23(16-14-22)27(25,26)19-11-7-4-8-12-19/h4,7-8,11-12,17-18H,3,5-6,9-10,13-16H2,1-2H3. The Balaban J connectivity index is 1.57. The van der Waals surface area contributed by atoms with E-state index >= 15 is 0 Å². The van der Waals surface area contributed by atoms with E-state index in [1.165, 1.54) is 23.6 Å². The molecule has 2 fully saturated rings. The summed E-state index contributed by atoms with van der Waals surface area (Å²) in [6.07, 6.45) is 5.86. The van der Waals surface area contributed by atoms with Crippen LogP contribution in [0.15, 0.2) is 35.2 Å². The molecule has 0 bridgehead atoms. The van der Waals surface area contributed by atoms with Crippen LogP contribution in [0.4, 0.5) is 0 Å². The van der Waals surface area contributed by atoms with E-state index in [4.69, 9.17) is 0 Å². The molecule has 1 saturated heterocycles. The van der Waals surface area contributed by atoms with Crippen LogP contribution in [0.1, 0.15) is 39.0 Å². The molecule has 6 nitrogen and oxygen atoms in total. The van der Waals surface area contributed by atoms with Crippen molar-refractivity contribution in [1.82, 2.24) is 14.1 Å². The van der Waals surface area contributed by atoms with Crippen molar-refractivity contribution < 1.29 is 13.2 Å². The lowest BCUT2D eigenvalue weighted by atomic mass is 9.94. The van der Waals surface area contributed by atoms with Crippen LogP contribution in [0.5, 0.6) is 0 Å². The highest BCUT2D eigenvalue weighted by atomic mass is 32.2. The number of amides is 1. The molecular weight excluding hydrogens is 362 g/mol. The first-order valence-electron chi connectivity index (χ1n) is 9.97. The van der Waals surface area contributed by atoms with Crippen molar-refractivity contribution >= 4 is 15.9 Å². The van der Waals surface area contributed by atoms with Gasteiger partial charge >= 0.3 is 0 Å². The van der Waals surface area contributed by atoms with Crippen LogP contribution in [0, 0.1) is 0 Å². The molecule has 1 atom stereocenters. The van der Waals surface area contributed by atoms with Gasteiger partial charge in [-0.2, -0.15) is 4.31 Å². The van der Waals surface area contributed by atoms with Gasteiger partial charge in [0.2, 0.25) is 15.9 Å². The summed E-state index contributed by atoms with van der Waals surface area (Å²) in [5, 5.41) is 0. The number of nitrogens with zero attached hydrogens (tertiary/aromatic N) is 3. The zero-order chi connectivity index (χ0) is 19.4. The second kappa shape index (κ2) is 8.71. The van der Waals surface area contributed by atoms with E-state index in [1.807, 2.05) is 24.9 Å². The number of piperazine rings is 1. The van der Waals surface area contributed by atoms with Crippen molar-refractivity contribution in [2.24, 2.45) is 0 Å². The molecule has 1 aliphatic heterocycles. The minimum Gasteiger partial charge on any atom is -0.341 e. The van der Waals surface area contributed by atoms with Crippen LogP contribution in [0.25, 0.3) is 0 Å². The molecule has 0 spiro atoms. The fourth-order valence-corrected chi connectivity index (χ4v) is 5.62. The third-order valence-corrected chi connectivity index (χ3v) is 7.94. The molecule has 0 aromatic heterocycles. The topological polar surface area (TPSA) is 60.9 Å². The molecule has 150 valence electrons. The van der Waals surface area contributed by atoms with Gasteiger partial charge in [-0.25, -0.2) is 8.42 Å². The van der Waals surface area contributed by atoms with Crippen LogP contribution in [-0.4, -0.2) is 73.7 Å². The van der Waals surface area contributed by atoms with Crippen LogP contribution in [-0.2, 0) is 14.8 Å². The molecule has 1 saturated carbocycles. The number of carbonyl (C=O) groups is 1. The molecule has 1 aliphatic carbocycles. The van der Waals surface area contributed by atoms with E-state index in [-0.39, 0.29) is 11.9 Å². The zero-order valence-corrected chi connectivity index (χ0v) is 17.2. The first kappa shape index (κ1) is 20.3. The number of carbonyl (C=O) groups excluding carboxylic acids is 1. The van der Waals surface area contributed by atoms with E-state index in [9.17, 15) is 13.2 Å². The van der Waals surface area contributed by atoms with Crippen molar-refractivity contribution in [2.45, 2.75) is 56.0 Å². The molecule has 1 amide bonds. The molecule has 2 aliphatic rings. The maximum absolute atomic E-state index is 12.9. The number of hydrogen-bond donors (Lipinski definition) is 0. The van der Waals surface area contributed by atoms with Crippen LogP contribution in [0.3, 0.4) is 0 Å². The lowest BCUT2D eigenvalue weighted by Crippen LogP contribution is -2.56.